The van der Waals surface area contributed by atoms with Crippen LogP contribution in [-0.2, 0) is 12.8 Å². The Morgan fingerprint density at radius 1 is 1.21 bits per heavy atom. The van der Waals surface area contributed by atoms with Crippen molar-refractivity contribution < 1.29 is 9.90 Å². The number of amides is 2. The van der Waals surface area contributed by atoms with E-state index in [1.165, 1.54) is 11.1 Å². The molecular weight excluding hydrogens is 240 g/mol. The van der Waals surface area contributed by atoms with Gasteiger partial charge in [-0.2, -0.15) is 0 Å². The molecule has 1 aromatic carbocycles. The van der Waals surface area contributed by atoms with E-state index in [1.54, 1.807) is 13.8 Å². The maximum absolute atomic E-state index is 11.8. The molecule has 0 saturated heterocycles. The summed E-state index contributed by atoms with van der Waals surface area (Å²) in [5.41, 5.74) is 2.72. The van der Waals surface area contributed by atoms with Gasteiger partial charge in [0.05, 0.1) is 12.1 Å². The Hall–Kier alpha value is -1.55. The van der Waals surface area contributed by atoms with Crippen LogP contribution in [0, 0.1) is 0 Å². The standard InChI is InChI=1S/C15H24N2O2/c1-5-11-7-8-13(9-12(11)6-2)16-14(19)17-15(3,4)10-18/h7-9,18H,5-6,10H2,1-4H3,(H2,16,17,19). The number of benzene rings is 1. The first-order valence-corrected chi connectivity index (χ1v) is 6.73. The summed E-state index contributed by atoms with van der Waals surface area (Å²) in [6.45, 7) is 7.66. The second-order valence-electron chi connectivity index (χ2n) is 5.31. The summed E-state index contributed by atoms with van der Waals surface area (Å²) < 4.78 is 0. The van der Waals surface area contributed by atoms with Crippen molar-refractivity contribution in [1.82, 2.24) is 5.32 Å². The molecule has 0 aromatic heterocycles. The van der Waals surface area contributed by atoms with Crippen LogP contribution in [0.25, 0.3) is 0 Å². The fraction of sp³-hybridized carbons (Fsp3) is 0.533. The molecule has 0 aliphatic heterocycles. The van der Waals surface area contributed by atoms with Gasteiger partial charge in [-0.25, -0.2) is 4.79 Å². The molecule has 0 radical (unpaired) electrons. The van der Waals surface area contributed by atoms with Crippen molar-refractivity contribution in [2.45, 2.75) is 46.1 Å². The zero-order valence-corrected chi connectivity index (χ0v) is 12.2. The zero-order valence-electron chi connectivity index (χ0n) is 12.2. The van der Waals surface area contributed by atoms with Gasteiger partial charge in [0.25, 0.3) is 0 Å². The van der Waals surface area contributed by atoms with Crippen LogP contribution in [0.5, 0.6) is 0 Å². The van der Waals surface area contributed by atoms with E-state index in [2.05, 4.69) is 24.5 Å². The highest BCUT2D eigenvalue weighted by Gasteiger charge is 2.19. The lowest BCUT2D eigenvalue weighted by molar-refractivity contribution is 0.187. The van der Waals surface area contributed by atoms with Gasteiger partial charge in [0.15, 0.2) is 0 Å². The molecule has 0 spiro atoms. The van der Waals surface area contributed by atoms with Crippen LogP contribution in [0.3, 0.4) is 0 Å². The summed E-state index contributed by atoms with van der Waals surface area (Å²) in [5, 5.41) is 14.6. The normalized spacial score (nSPS) is 11.2. The van der Waals surface area contributed by atoms with Crippen LogP contribution < -0.4 is 10.6 Å². The Morgan fingerprint density at radius 3 is 2.37 bits per heavy atom. The summed E-state index contributed by atoms with van der Waals surface area (Å²) in [7, 11) is 0. The van der Waals surface area contributed by atoms with Crippen molar-refractivity contribution in [3.8, 4) is 0 Å². The second-order valence-corrected chi connectivity index (χ2v) is 5.31. The topological polar surface area (TPSA) is 61.4 Å². The lowest BCUT2D eigenvalue weighted by Crippen LogP contribution is -2.48. The minimum absolute atomic E-state index is 0.102. The van der Waals surface area contributed by atoms with Gasteiger partial charge in [-0.1, -0.05) is 19.9 Å². The van der Waals surface area contributed by atoms with Crippen molar-refractivity contribution in [2.24, 2.45) is 0 Å². The Kier molecular flexibility index (Phi) is 5.36. The molecule has 2 amide bonds. The number of nitrogens with one attached hydrogen (secondary N) is 2. The number of hydrogen-bond donors (Lipinski definition) is 3. The number of aryl methyl sites for hydroxylation is 2. The van der Waals surface area contributed by atoms with Gasteiger partial charge in [0, 0.05) is 5.69 Å². The number of aliphatic hydroxyl groups is 1. The second kappa shape index (κ2) is 6.57. The molecule has 0 aliphatic carbocycles. The first kappa shape index (κ1) is 15.5. The molecule has 0 aliphatic rings. The minimum Gasteiger partial charge on any atom is -0.394 e. The van der Waals surface area contributed by atoms with Crippen LogP contribution in [0.1, 0.15) is 38.8 Å². The third kappa shape index (κ3) is 4.56. The van der Waals surface area contributed by atoms with Crippen molar-refractivity contribution in [2.75, 3.05) is 11.9 Å². The molecule has 0 fully saturated rings. The first-order valence-electron chi connectivity index (χ1n) is 6.73. The van der Waals surface area contributed by atoms with E-state index in [0.29, 0.717) is 0 Å². The summed E-state index contributed by atoms with van der Waals surface area (Å²) in [6.07, 6.45) is 1.94. The molecule has 19 heavy (non-hydrogen) atoms. The van der Waals surface area contributed by atoms with Gasteiger partial charge in [0.2, 0.25) is 0 Å². The highest BCUT2D eigenvalue weighted by molar-refractivity contribution is 5.89. The maximum atomic E-state index is 11.8. The van der Waals surface area contributed by atoms with Crippen LogP contribution in [0.15, 0.2) is 18.2 Å². The van der Waals surface area contributed by atoms with Crippen molar-refractivity contribution in [3.05, 3.63) is 29.3 Å². The molecule has 4 heteroatoms. The minimum atomic E-state index is -0.624. The fourth-order valence-corrected chi connectivity index (χ4v) is 1.89. The molecule has 1 aromatic rings. The third-order valence-electron chi connectivity index (χ3n) is 3.07. The Balaban J connectivity index is 2.75. The number of hydrogen-bond acceptors (Lipinski definition) is 2. The predicted octanol–water partition coefficient (Wildman–Crippen LogP) is 2.70. The number of carbonyl (C=O) groups is 1. The molecule has 0 saturated carbocycles. The summed E-state index contributed by atoms with van der Waals surface area (Å²) in [5.74, 6) is 0. The Morgan fingerprint density at radius 2 is 1.84 bits per heavy atom. The summed E-state index contributed by atoms with van der Waals surface area (Å²) in [4.78, 5) is 11.8. The van der Waals surface area contributed by atoms with Crippen LogP contribution in [0.4, 0.5) is 10.5 Å². The molecule has 106 valence electrons. The van der Waals surface area contributed by atoms with Crippen molar-refractivity contribution >= 4 is 11.7 Å². The molecule has 0 heterocycles. The highest BCUT2D eigenvalue weighted by atomic mass is 16.3. The molecule has 0 unspecified atom stereocenters. The molecule has 4 nitrogen and oxygen atoms in total. The molecule has 0 atom stereocenters. The smallest absolute Gasteiger partial charge is 0.319 e. The quantitative estimate of drug-likeness (QED) is 0.765. The van der Waals surface area contributed by atoms with E-state index in [0.717, 1.165) is 18.5 Å². The predicted molar refractivity (Wildman–Crippen MR) is 78.5 cm³/mol. The van der Waals surface area contributed by atoms with Crippen LogP contribution in [-0.4, -0.2) is 23.3 Å². The van der Waals surface area contributed by atoms with E-state index in [4.69, 9.17) is 5.11 Å². The van der Waals surface area contributed by atoms with Crippen molar-refractivity contribution in [3.63, 3.8) is 0 Å². The van der Waals surface area contributed by atoms with Gasteiger partial charge < -0.3 is 15.7 Å². The summed E-state index contributed by atoms with van der Waals surface area (Å²) >= 11 is 0. The average Bonchev–Trinajstić information content (AvgIpc) is 2.37. The zero-order chi connectivity index (χ0) is 14.5. The lowest BCUT2D eigenvalue weighted by atomic mass is 10.0. The Labute approximate surface area is 115 Å². The molecular formula is C15H24N2O2. The van der Waals surface area contributed by atoms with Gasteiger partial charge in [0.1, 0.15) is 0 Å². The van der Waals surface area contributed by atoms with E-state index in [-0.39, 0.29) is 12.6 Å². The van der Waals surface area contributed by atoms with E-state index < -0.39 is 5.54 Å². The van der Waals surface area contributed by atoms with Crippen LogP contribution >= 0.6 is 0 Å². The fourth-order valence-electron chi connectivity index (χ4n) is 1.89. The summed E-state index contributed by atoms with van der Waals surface area (Å²) in [6, 6.07) is 5.66. The van der Waals surface area contributed by atoms with Crippen molar-refractivity contribution in [1.29, 1.82) is 0 Å². The Bertz CT molecular complexity index is 442. The first-order chi connectivity index (χ1) is 8.91. The van der Waals surface area contributed by atoms with Crippen LogP contribution in [0.2, 0.25) is 0 Å². The SMILES string of the molecule is CCc1ccc(NC(=O)NC(C)(C)CO)cc1CC. The van der Waals surface area contributed by atoms with E-state index in [9.17, 15) is 4.79 Å². The number of rotatable bonds is 5. The number of anilines is 1. The molecule has 3 N–H and O–H groups in total. The monoisotopic (exact) mass is 264 g/mol. The average molecular weight is 264 g/mol. The largest absolute Gasteiger partial charge is 0.394 e. The van der Waals surface area contributed by atoms with Gasteiger partial charge in [-0.05, 0) is 49.9 Å². The highest BCUT2D eigenvalue weighted by Crippen LogP contribution is 2.17. The molecule has 1 rings (SSSR count). The third-order valence-corrected chi connectivity index (χ3v) is 3.07. The maximum Gasteiger partial charge on any atom is 0.319 e. The molecule has 0 bridgehead atoms. The van der Waals surface area contributed by atoms with Gasteiger partial charge >= 0.3 is 6.03 Å². The number of urea groups is 1. The number of carbonyl (C=O) groups excluding carboxylic acids is 1. The lowest BCUT2D eigenvalue weighted by Gasteiger charge is -2.23. The van der Waals surface area contributed by atoms with E-state index >= 15 is 0 Å². The number of aliphatic hydroxyl groups excluding tert-OH is 1. The van der Waals surface area contributed by atoms with E-state index in [1.807, 2.05) is 18.2 Å². The van der Waals surface area contributed by atoms with Gasteiger partial charge in [-0.15, -0.1) is 0 Å². The van der Waals surface area contributed by atoms with Gasteiger partial charge in [-0.3, -0.25) is 0 Å².